The summed E-state index contributed by atoms with van der Waals surface area (Å²) in [5, 5.41) is 3.13. The van der Waals surface area contributed by atoms with Crippen LogP contribution in [0.4, 0.5) is 23.2 Å². The van der Waals surface area contributed by atoms with E-state index in [9.17, 15) is 17.6 Å². The highest BCUT2D eigenvalue weighted by Crippen LogP contribution is 2.24. The van der Waals surface area contributed by atoms with Crippen molar-refractivity contribution < 1.29 is 17.6 Å². The molecule has 1 aromatic heterocycles. The molecule has 0 aliphatic carbocycles. The number of benzene rings is 1. The maximum absolute atomic E-state index is 13.4. The summed E-state index contributed by atoms with van der Waals surface area (Å²) in [4.78, 5) is 2.46. The van der Waals surface area contributed by atoms with Crippen molar-refractivity contribution in [2.24, 2.45) is 0 Å². The summed E-state index contributed by atoms with van der Waals surface area (Å²) in [6.45, 7) is 0.0120. The topological polar surface area (TPSA) is 24.9 Å². The zero-order valence-electron chi connectivity index (χ0n) is 10.4. The van der Waals surface area contributed by atoms with Crippen molar-refractivity contribution in [1.29, 1.82) is 0 Å². The summed E-state index contributed by atoms with van der Waals surface area (Å²) in [6, 6.07) is 4.77. The number of nitrogens with zero attached hydrogens (tertiary/aromatic N) is 1. The third kappa shape index (κ3) is 3.57. The quantitative estimate of drug-likeness (QED) is 0.651. The zero-order chi connectivity index (χ0) is 15.6. The molecule has 0 saturated carbocycles. The zero-order valence-corrected chi connectivity index (χ0v) is 11.9. The Hall–Kier alpha value is -1.53. The van der Waals surface area contributed by atoms with Crippen molar-refractivity contribution in [1.82, 2.24) is 4.98 Å². The van der Waals surface area contributed by atoms with Gasteiger partial charge in [0.1, 0.15) is 5.69 Å². The molecule has 0 aliphatic heterocycles. The molecule has 0 unspecified atom stereocenters. The third-order valence-corrected chi connectivity index (χ3v) is 3.30. The summed E-state index contributed by atoms with van der Waals surface area (Å²) >= 11 is 11.7. The molecule has 0 fully saturated rings. The minimum atomic E-state index is -1.71. The molecule has 21 heavy (non-hydrogen) atoms. The fourth-order valence-electron chi connectivity index (χ4n) is 1.69. The Labute approximate surface area is 127 Å². The van der Waals surface area contributed by atoms with E-state index >= 15 is 0 Å². The molecular weight excluding hydrogens is 331 g/mol. The summed E-state index contributed by atoms with van der Waals surface area (Å²) < 4.78 is 52.5. The van der Waals surface area contributed by atoms with E-state index in [2.05, 4.69) is 10.3 Å². The predicted molar refractivity (Wildman–Crippen MR) is 72.7 cm³/mol. The summed E-state index contributed by atoms with van der Waals surface area (Å²) in [5.74, 6) is -6.56. The summed E-state index contributed by atoms with van der Waals surface area (Å²) in [6.07, 6.45) is 0.278. The van der Waals surface area contributed by atoms with Gasteiger partial charge in [-0.3, -0.25) is 0 Å². The van der Waals surface area contributed by atoms with Crippen LogP contribution in [0.3, 0.4) is 0 Å². The van der Waals surface area contributed by atoms with Gasteiger partial charge in [-0.05, 0) is 24.1 Å². The molecule has 2 nitrogen and oxygen atoms in total. The van der Waals surface area contributed by atoms with Crippen LogP contribution in [-0.2, 0) is 6.42 Å². The van der Waals surface area contributed by atoms with E-state index in [0.717, 1.165) is 0 Å². The molecule has 1 N–H and O–H groups in total. The monoisotopic (exact) mass is 338 g/mol. The van der Waals surface area contributed by atoms with Gasteiger partial charge < -0.3 is 5.32 Å². The van der Waals surface area contributed by atoms with Gasteiger partial charge in [0.2, 0.25) is 11.6 Å². The molecular formula is C13H8Cl2F4N2. The second-order valence-electron chi connectivity index (χ2n) is 4.11. The van der Waals surface area contributed by atoms with Crippen LogP contribution in [0, 0.1) is 23.5 Å². The lowest BCUT2D eigenvalue weighted by Crippen LogP contribution is -2.12. The highest BCUT2D eigenvalue weighted by molar-refractivity contribution is 6.35. The van der Waals surface area contributed by atoms with Crippen LogP contribution in [0.5, 0.6) is 0 Å². The molecule has 112 valence electrons. The largest absolute Gasteiger partial charge is 0.380 e. The minimum Gasteiger partial charge on any atom is -0.380 e. The van der Waals surface area contributed by atoms with Gasteiger partial charge in [-0.15, -0.1) is 0 Å². The van der Waals surface area contributed by atoms with Crippen molar-refractivity contribution in [3.63, 3.8) is 0 Å². The Morgan fingerprint density at radius 3 is 2.19 bits per heavy atom. The lowest BCUT2D eigenvalue weighted by Gasteiger charge is -2.10. The van der Waals surface area contributed by atoms with Gasteiger partial charge in [0, 0.05) is 16.6 Å². The van der Waals surface area contributed by atoms with Crippen molar-refractivity contribution in [3.8, 4) is 0 Å². The molecule has 0 atom stereocenters. The van der Waals surface area contributed by atoms with Gasteiger partial charge in [0.05, 0.1) is 0 Å². The van der Waals surface area contributed by atoms with Crippen LogP contribution in [-0.4, -0.2) is 11.5 Å². The van der Waals surface area contributed by atoms with Gasteiger partial charge in [-0.2, -0.15) is 22.5 Å². The molecule has 2 rings (SSSR count). The first-order valence-electron chi connectivity index (χ1n) is 5.78. The van der Waals surface area contributed by atoms with Gasteiger partial charge in [0.25, 0.3) is 11.9 Å². The third-order valence-electron chi connectivity index (χ3n) is 2.71. The molecule has 1 aromatic carbocycles. The molecule has 0 aliphatic rings. The Morgan fingerprint density at radius 2 is 1.62 bits per heavy atom. The minimum absolute atomic E-state index is 0.0120. The van der Waals surface area contributed by atoms with Crippen molar-refractivity contribution in [2.75, 3.05) is 11.9 Å². The van der Waals surface area contributed by atoms with Crippen LogP contribution in [0.15, 0.2) is 18.2 Å². The number of anilines is 1. The fourth-order valence-corrected chi connectivity index (χ4v) is 2.19. The van der Waals surface area contributed by atoms with Crippen molar-refractivity contribution in [3.05, 3.63) is 57.3 Å². The van der Waals surface area contributed by atoms with E-state index in [0.29, 0.717) is 15.6 Å². The Kier molecular flexibility index (Phi) is 4.90. The highest BCUT2D eigenvalue weighted by Gasteiger charge is 2.20. The van der Waals surface area contributed by atoms with Crippen LogP contribution in [0.2, 0.25) is 10.0 Å². The van der Waals surface area contributed by atoms with Gasteiger partial charge in [-0.1, -0.05) is 29.3 Å². The number of rotatable bonds is 4. The number of hydrogen-bond acceptors (Lipinski definition) is 2. The van der Waals surface area contributed by atoms with E-state index in [1.165, 1.54) is 6.07 Å². The van der Waals surface area contributed by atoms with E-state index in [1.807, 2.05) is 0 Å². The predicted octanol–water partition coefficient (Wildman–Crippen LogP) is 4.60. The van der Waals surface area contributed by atoms with Gasteiger partial charge >= 0.3 is 0 Å². The summed E-state index contributed by atoms with van der Waals surface area (Å²) in [5.41, 5.74) is -0.227. The average molecular weight is 339 g/mol. The molecule has 0 bridgehead atoms. The molecule has 0 saturated heterocycles. The second kappa shape index (κ2) is 6.49. The first-order chi connectivity index (χ1) is 9.90. The average Bonchev–Trinajstić information content (AvgIpc) is 2.42. The Morgan fingerprint density at radius 1 is 1.00 bits per heavy atom. The van der Waals surface area contributed by atoms with Crippen LogP contribution in [0.1, 0.15) is 5.56 Å². The number of hydrogen-bond donors (Lipinski definition) is 1. The van der Waals surface area contributed by atoms with Gasteiger partial charge in [-0.25, -0.2) is 0 Å². The van der Waals surface area contributed by atoms with Crippen molar-refractivity contribution in [2.45, 2.75) is 6.42 Å². The standard InChI is InChI=1S/C13H8Cl2F4N2/c14-7-2-1-6(8(15)5-7)3-4-20-11-9(16)12(18)21-13(19)10(11)17/h1-2,5H,3-4H2,(H,20,21). The SMILES string of the molecule is Fc1nc(F)c(F)c(NCCc2ccc(Cl)cc2Cl)c1F. The molecule has 1 heterocycles. The van der Waals surface area contributed by atoms with Crippen LogP contribution >= 0.6 is 23.2 Å². The van der Waals surface area contributed by atoms with Crippen LogP contribution in [0.25, 0.3) is 0 Å². The normalized spacial score (nSPS) is 10.8. The van der Waals surface area contributed by atoms with E-state index in [1.54, 1.807) is 12.1 Å². The smallest absolute Gasteiger partial charge is 0.253 e. The highest BCUT2D eigenvalue weighted by atomic mass is 35.5. The van der Waals surface area contributed by atoms with Crippen molar-refractivity contribution >= 4 is 28.9 Å². The molecule has 8 heteroatoms. The van der Waals surface area contributed by atoms with E-state index in [-0.39, 0.29) is 13.0 Å². The molecule has 0 spiro atoms. The number of nitrogens with one attached hydrogen (secondary N) is 1. The van der Waals surface area contributed by atoms with Gasteiger partial charge in [0.15, 0.2) is 0 Å². The lowest BCUT2D eigenvalue weighted by molar-refractivity contribution is 0.410. The fraction of sp³-hybridized carbons (Fsp3) is 0.154. The molecule has 0 radical (unpaired) electrons. The van der Waals surface area contributed by atoms with Crippen LogP contribution < -0.4 is 5.32 Å². The second-order valence-corrected chi connectivity index (χ2v) is 4.95. The molecule has 2 aromatic rings. The lowest BCUT2D eigenvalue weighted by atomic mass is 10.1. The number of halogens is 6. The van der Waals surface area contributed by atoms with E-state index < -0.39 is 29.2 Å². The molecule has 0 amide bonds. The number of pyridine rings is 1. The van der Waals surface area contributed by atoms with E-state index in [4.69, 9.17) is 23.2 Å². The summed E-state index contributed by atoms with van der Waals surface area (Å²) in [7, 11) is 0. The first kappa shape index (κ1) is 15.9. The Bertz CT molecular complexity index is 653. The number of aromatic nitrogens is 1. The Balaban J connectivity index is 2.10. The first-order valence-corrected chi connectivity index (χ1v) is 6.53. The maximum atomic E-state index is 13.4. The maximum Gasteiger partial charge on any atom is 0.253 e.